The molecule has 3 rings (SSSR count). The average Bonchev–Trinajstić information content (AvgIpc) is 2.46. The Hall–Kier alpha value is -2.17. The number of nitrogens with one attached hydrogen (secondary N) is 1. The van der Waals surface area contributed by atoms with Crippen LogP contribution in [0.1, 0.15) is 29.0 Å². The lowest BCUT2D eigenvalue weighted by Crippen LogP contribution is -2.21. The van der Waals surface area contributed by atoms with Crippen molar-refractivity contribution in [1.82, 2.24) is 0 Å². The monoisotopic (exact) mass is 293 g/mol. The third kappa shape index (κ3) is 2.44. The smallest absolute Gasteiger partial charge is 0.418 e. The van der Waals surface area contributed by atoms with Gasteiger partial charge in [0.05, 0.1) is 11.3 Å². The zero-order valence-corrected chi connectivity index (χ0v) is 11.1. The van der Waals surface area contributed by atoms with Crippen molar-refractivity contribution in [3.63, 3.8) is 0 Å². The molecule has 0 saturated heterocycles. The minimum absolute atomic E-state index is 0.118. The van der Waals surface area contributed by atoms with Crippen LogP contribution in [0.5, 0.6) is 5.75 Å². The van der Waals surface area contributed by atoms with Gasteiger partial charge in [0, 0.05) is 18.0 Å². The molecule has 21 heavy (non-hydrogen) atoms. The highest BCUT2D eigenvalue weighted by atomic mass is 19.4. The number of para-hydroxylation sites is 2. The lowest BCUT2D eigenvalue weighted by Gasteiger charge is -2.29. The number of anilines is 1. The van der Waals surface area contributed by atoms with Crippen LogP contribution in [0.2, 0.25) is 0 Å². The third-order valence-corrected chi connectivity index (χ3v) is 3.82. The van der Waals surface area contributed by atoms with E-state index in [1.807, 2.05) is 0 Å². The summed E-state index contributed by atoms with van der Waals surface area (Å²) in [4.78, 5) is 0. The SMILES string of the molecule is Oc1ccccc1C1CCNc2c1cccc2C(F)(F)F. The molecule has 2 N–H and O–H groups in total. The predicted octanol–water partition coefficient (Wildman–Crippen LogP) is 4.36. The number of benzene rings is 2. The van der Waals surface area contributed by atoms with Gasteiger partial charge in [0.2, 0.25) is 0 Å². The first-order chi connectivity index (χ1) is 9.98. The van der Waals surface area contributed by atoms with Crippen molar-refractivity contribution in [1.29, 1.82) is 0 Å². The van der Waals surface area contributed by atoms with Gasteiger partial charge in [-0.15, -0.1) is 0 Å². The molecule has 0 fully saturated rings. The number of hydrogen-bond acceptors (Lipinski definition) is 2. The predicted molar refractivity (Wildman–Crippen MR) is 74.5 cm³/mol. The van der Waals surface area contributed by atoms with Gasteiger partial charge in [-0.3, -0.25) is 0 Å². The minimum atomic E-state index is -4.39. The Bertz CT molecular complexity index is 667. The van der Waals surface area contributed by atoms with E-state index >= 15 is 0 Å². The van der Waals surface area contributed by atoms with E-state index in [9.17, 15) is 18.3 Å². The summed E-state index contributed by atoms with van der Waals surface area (Å²) in [5.41, 5.74) is 0.724. The second-order valence-electron chi connectivity index (χ2n) is 5.09. The van der Waals surface area contributed by atoms with Crippen LogP contribution in [-0.2, 0) is 6.18 Å². The molecule has 1 heterocycles. The van der Waals surface area contributed by atoms with E-state index in [0.29, 0.717) is 24.1 Å². The van der Waals surface area contributed by atoms with Crippen LogP contribution in [0.15, 0.2) is 42.5 Å². The van der Waals surface area contributed by atoms with Gasteiger partial charge in [0.1, 0.15) is 5.75 Å². The van der Waals surface area contributed by atoms with Crippen LogP contribution in [-0.4, -0.2) is 11.7 Å². The van der Waals surface area contributed by atoms with Crippen molar-refractivity contribution >= 4 is 5.69 Å². The minimum Gasteiger partial charge on any atom is -0.508 e. The summed E-state index contributed by atoms with van der Waals surface area (Å²) in [7, 11) is 0. The molecule has 2 aromatic rings. The Morgan fingerprint density at radius 3 is 2.43 bits per heavy atom. The zero-order valence-electron chi connectivity index (χ0n) is 11.1. The molecule has 1 atom stereocenters. The molecule has 1 unspecified atom stereocenters. The molecule has 0 aliphatic carbocycles. The lowest BCUT2D eigenvalue weighted by molar-refractivity contribution is -0.137. The first-order valence-corrected chi connectivity index (χ1v) is 6.70. The number of phenolic OH excluding ortho intramolecular Hbond substituents is 1. The number of fused-ring (bicyclic) bond motifs is 1. The van der Waals surface area contributed by atoms with Crippen LogP contribution >= 0.6 is 0 Å². The molecule has 1 aliphatic heterocycles. The second-order valence-corrected chi connectivity index (χ2v) is 5.09. The summed E-state index contributed by atoms with van der Waals surface area (Å²) in [6, 6.07) is 11.0. The van der Waals surface area contributed by atoms with Crippen molar-refractivity contribution in [2.24, 2.45) is 0 Å². The quantitative estimate of drug-likeness (QED) is 0.819. The maximum Gasteiger partial charge on any atom is 0.418 e. The number of halogens is 3. The molecular weight excluding hydrogens is 279 g/mol. The summed E-state index contributed by atoms with van der Waals surface area (Å²) in [6.07, 6.45) is -3.75. The van der Waals surface area contributed by atoms with Gasteiger partial charge >= 0.3 is 6.18 Å². The number of aromatic hydroxyl groups is 1. The van der Waals surface area contributed by atoms with Crippen molar-refractivity contribution in [3.8, 4) is 5.75 Å². The van der Waals surface area contributed by atoms with E-state index in [1.165, 1.54) is 6.07 Å². The van der Waals surface area contributed by atoms with Crippen molar-refractivity contribution < 1.29 is 18.3 Å². The molecule has 0 aromatic heterocycles. The van der Waals surface area contributed by atoms with Crippen molar-refractivity contribution in [2.75, 3.05) is 11.9 Å². The first-order valence-electron chi connectivity index (χ1n) is 6.70. The van der Waals surface area contributed by atoms with Crippen molar-refractivity contribution in [2.45, 2.75) is 18.5 Å². The summed E-state index contributed by atoms with van der Waals surface area (Å²) in [6.45, 7) is 0.444. The van der Waals surface area contributed by atoms with E-state index < -0.39 is 11.7 Å². The lowest BCUT2D eigenvalue weighted by atomic mass is 9.83. The highest BCUT2D eigenvalue weighted by Crippen LogP contribution is 2.45. The van der Waals surface area contributed by atoms with Gasteiger partial charge in [-0.05, 0) is 24.1 Å². The maximum absolute atomic E-state index is 13.1. The molecular formula is C16H14F3NO. The molecule has 0 radical (unpaired) electrons. The van der Waals surface area contributed by atoms with E-state index in [2.05, 4.69) is 5.32 Å². The summed E-state index contributed by atoms with van der Waals surface area (Å²) in [5.74, 6) is -0.113. The second kappa shape index (κ2) is 4.98. The maximum atomic E-state index is 13.1. The van der Waals surface area contributed by atoms with Crippen molar-refractivity contribution in [3.05, 3.63) is 59.2 Å². The summed E-state index contributed by atoms with van der Waals surface area (Å²) < 4.78 is 39.3. The van der Waals surface area contributed by atoms with Gasteiger partial charge in [0.15, 0.2) is 0 Å². The fourth-order valence-corrected chi connectivity index (χ4v) is 2.90. The van der Waals surface area contributed by atoms with E-state index in [1.54, 1.807) is 30.3 Å². The van der Waals surface area contributed by atoms with Gasteiger partial charge in [-0.25, -0.2) is 0 Å². The Morgan fingerprint density at radius 2 is 1.71 bits per heavy atom. The van der Waals surface area contributed by atoms with Crippen LogP contribution in [0, 0.1) is 0 Å². The van der Waals surface area contributed by atoms with Gasteiger partial charge < -0.3 is 10.4 Å². The molecule has 1 aliphatic rings. The van der Waals surface area contributed by atoms with E-state index in [0.717, 1.165) is 6.07 Å². The number of alkyl halides is 3. The van der Waals surface area contributed by atoms with Gasteiger partial charge in [0.25, 0.3) is 0 Å². The largest absolute Gasteiger partial charge is 0.508 e. The molecule has 0 amide bonds. The van der Waals surface area contributed by atoms with Crippen LogP contribution < -0.4 is 5.32 Å². The zero-order chi connectivity index (χ0) is 15.0. The first kappa shape index (κ1) is 13.8. The van der Waals surface area contributed by atoms with Gasteiger partial charge in [-0.1, -0.05) is 30.3 Å². The fourth-order valence-electron chi connectivity index (χ4n) is 2.90. The van der Waals surface area contributed by atoms with Crippen LogP contribution in [0.4, 0.5) is 18.9 Å². The molecule has 2 aromatic carbocycles. The van der Waals surface area contributed by atoms with Gasteiger partial charge in [-0.2, -0.15) is 13.2 Å². The molecule has 5 heteroatoms. The Balaban J connectivity index is 2.14. The Morgan fingerprint density at radius 1 is 1.00 bits per heavy atom. The highest BCUT2D eigenvalue weighted by Gasteiger charge is 2.36. The van der Waals surface area contributed by atoms with Crippen LogP contribution in [0.3, 0.4) is 0 Å². The average molecular weight is 293 g/mol. The van der Waals surface area contributed by atoms with E-state index in [-0.39, 0.29) is 17.4 Å². The summed E-state index contributed by atoms with van der Waals surface area (Å²) >= 11 is 0. The van der Waals surface area contributed by atoms with E-state index in [4.69, 9.17) is 0 Å². The normalized spacial score (nSPS) is 18.0. The fraction of sp³-hybridized carbons (Fsp3) is 0.250. The Kier molecular flexibility index (Phi) is 3.27. The Labute approximate surface area is 120 Å². The highest BCUT2D eigenvalue weighted by molar-refractivity contribution is 5.64. The third-order valence-electron chi connectivity index (χ3n) is 3.82. The molecule has 0 bridgehead atoms. The standard InChI is InChI=1S/C16H14F3NO/c17-16(18,19)13-6-3-5-12-10(8-9-20-15(12)13)11-4-1-2-7-14(11)21/h1-7,10,20-21H,8-9H2. The molecule has 2 nitrogen and oxygen atoms in total. The van der Waals surface area contributed by atoms with Crippen LogP contribution in [0.25, 0.3) is 0 Å². The molecule has 0 spiro atoms. The topological polar surface area (TPSA) is 32.3 Å². The number of rotatable bonds is 1. The number of phenols is 1. The summed E-state index contributed by atoms with van der Waals surface area (Å²) in [5, 5.41) is 12.8. The molecule has 0 saturated carbocycles. The number of hydrogen-bond donors (Lipinski definition) is 2. The molecule has 110 valence electrons.